The third-order valence-corrected chi connectivity index (χ3v) is 17.3. The zero-order chi connectivity index (χ0) is 28.0. The van der Waals surface area contributed by atoms with Crippen molar-refractivity contribution in [2.24, 2.45) is 0 Å². The van der Waals surface area contributed by atoms with Crippen LogP contribution in [0.4, 0.5) is 0 Å². The van der Waals surface area contributed by atoms with Crippen LogP contribution in [0, 0.1) is 0 Å². The summed E-state index contributed by atoms with van der Waals surface area (Å²) in [6.07, 6.45) is 4.33. The highest BCUT2D eigenvalue weighted by atomic mass is 28.4. The van der Waals surface area contributed by atoms with Crippen molar-refractivity contribution in [3.63, 3.8) is 0 Å². The van der Waals surface area contributed by atoms with Gasteiger partial charge in [-0.2, -0.15) is 0 Å². The monoisotopic (exact) mass is 544 g/mol. The minimum atomic E-state index is -1.93. The first-order chi connectivity index (χ1) is 17.5. The van der Waals surface area contributed by atoms with Gasteiger partial charge in [-0.15, -0.1) is 0 Å². The van der Waals surface area contributed by atoms with Crippen LogP contribution in [0.5, 0.6) is 17.2 Å². The van der Waals surface area contributed by atoms with Gasteiger partial charge in [-0.3, -0.25) is 0 Å². The van der Waals surface area contributed by atoms with Gasteiger partial charge in [0.05, 0.1) is 0 Å². The van der Waals surface area contributed by atoms with Crippen molar-refractivity contribution in [1.29, 1.82) is 0 Å². The predicted octanol–water partition coefficient (Wildman–Crippen LogP) is 9.80. The fourth-order valence-electron chi connectivity index (χ4n) is 4.04. The first-order valence-corrected chi connectivity index (χ1v) is 19.4. The fraction of sp³-hybridized carbons (Fsp3) is 0.394. The van der Waals surface area contributed by atoms with Gasteiger partial charge >= 0.3 is 0 Å². The second-order valence-corrected chi connectivity index (χ2v) is 22.9. The third-order valence-electron chi connectivity index (χ3n) is 8.61. The van der Waals surface area contributed by atoms with Crippen LogP contribution >= 0.6 is 0 Å². The van der Waals surface area contributed by atoms with Crippen LogP contribution in [0.2, 0.25) is 36.3 Å². The second-order valence-electron chi connectivity index (χ2n) is 13.5. The number of fused-ring (bicyclic) bond motifs is 1. The van der Waals surface area contributed by atoms with Crippen LogP contribution in [-0.2, 0) is 5.60 Å². The first kappa shape index (κ1) is 28.2. The molecule has 0 unspecified atom stereocenters. The summed E-state index contributed by atoms with van der Waals surface area (Å²) in [5, 5.41) is 0.278. The summed E-state index contributed by atoms with van der Waals surface area (Å²) < 4.78 is 20.0. The topological polar surface area (TPSA) is 27.7 Å². The molecule has 4 rings (SSSR count). The summed E-state index contributed by atoms with van der Waals surface area (Å²) in [5.41, 5.74) is 2.45. The lowest BCUT2D eigenvalue weighted by molar-refractivity contribution is 0.161. The van der Waals surface area contributed by atoms with Crippen LogP contribution in [-0.4, -0.2) is 16.6 Å². The van der Waals surface area contributed by atoms with Gasteiger partial charge < -0.3 is 13.6 Å². The maximum atomic E-state index is 6.83. The molecule has 3 aromatic rings. The van der Waals surface area contributed by atoms with Crippen molar-refractivity contribution in [2.45, 2.75) is 83.4 Å². The van der Waals surface area contributed by atoms with Crippen LogP contribution in [0.3, 0.4) is 0 Å². The largest absolute Gasteiger partial charge is 0.544 e. The molecule has 0 N–H and O–H groups in total. The Bertz CT molecular complexity index is 1220. The number of benzene rings is 3. The predicted molar refractivity (Wildman–Crippen MR) is 165 cm³/mol. The zero-order valence-electron chi connectivity index (χ0n) is 24.8. The summed E-state index contributed by atoms with van der Waals surface area (Å²) in [7, 11) is -3.86. The smallest absolute Gasteiger partial charge is 0.250 e. The van der Waals surface area contributed by atoms with Crippen LogP contribution in [0.1, 0.15) is 58.2 Å². The van der Waals surface area contributed by atoms with Gasteiger partial charge in [-0.25, -0.2) is 0 Å². The lowest BCUT2D eigenvalue weighted by Gasteiger charge is -2.38. The maximum Gasteiger partial charge on any atom is 0.250 e. The molecule has 0 aliphatic carbocycles. The maximum absolute atomic E-state index is 6.83. The van der Waals surface area contributed by atoms with Gasteiger partial charge in [0.25, 0.3) is 0 Å². The summed E-state index contributed by atoms with van der Waals surface area (Å²) in [4.78, 5) is 0. The normalized spacial score (nSPS) is 15.4. The van der Waals surface area contributed by atoms with Crippen LogP contribution in [0.15, 0.2) is 78.9 Å². The van der Waals surface area contributed by atoms with Crippen molar-refractivity contribution < 1.29 is 13.6 Å². The zero-order valence-corrected chi connectivity index (χ0v) is 26.8. The number of ether oxygens (including phenoxy) is 1. The average molecular weight is 545 g/mol. The van der Waals surface area contributed by atoms with E-state index in [0.717, 1.165) is 33.9 Å². The van der Waals surface area contributed by atoms with E-state index in [2.05, 4.69) is 134 Å². The Morgan fingerprint density at radius 1 is 0.605 bits per heavy atom. The lowest BCUT2D eigenvalue weighted by atomic mass is 9.83. The van der Waals surface area contributed by atoms with E-state index in [9.17, 15) is 0 Å². The molecule has 1 aliphatic heterocycles. The molecule has 0 amide bonds. The van der Waals surface area contributed by atoms with Crippen molar-refractivity contribution in [3.05, 3.63) is 95.6 Å². The number of hydrogen-bond acceptors (Lipinski definition) is 3. The van der Waals surface area contributed by atoms with Gasteiger partial charge in [0.1, 0.15) is 17.2 Å². The highest BCUT2D eigenvalue weighted by molar-refractivity contribution is 6.75. The van der Waals surface area contributed by atoms with Crippen molar-refractivity contribution in [2.75, 3.05) is 0 Å². The molecule has 0 saturated carbocycles. The van der Waals surface area contributed by atoms with Crippen molar-refractivity contribution in [3.8, 4) is 17.2 Å². The molecule has 5 heteroatoms. The Hall–Kier alpha value is -2.77. The molecule has 0 aromatic heterocycles. The second kappa shape index (κ2) is 9.76. The molecule has 3 aromatic carbocycles. The molecule has 202 valence electrons. The Labute approximate surface area is 232 Å². The van der Waals surface area contributed by atoms with Crippen LogP contribution in [0.25, 0.3) is 6.08 Å². The van der Waals surface area contributed by atoms with E-state index < -0.39 is 22.2 Å². The van der Waals surface area contributed by atoms with Crippen molar-refractivity contribution in [1.82, 2.24) is 0 Å². The van der Waals surface area contributed by atoms with E-state index in [0.29, 0.717) is 0 Å². The molecule has 0 radical (unpaired) electrons. The molecule has 1 aliphatic rings. The highest BCUT2D eigenvalue weighted by Crippen LogP contribution is 2.44. The Balaban J connectivity index is 1.71. The average Bonchev–Trinajstić information content (AvgIpc) is 2.83. The van der Waals surface area contributed by atoms with Gasteiger partial charge in [-0.05, 0) is 72.7 Å². The van der Waals surface area contributed by atoms with Gasteiger partial charge in [0, 0.05) is 16.7 Å². The summed E-state index contributed by atoms with van der Waals surface area (Å²) >= 11 is 0. The minimum Gasteiger partial charge on any atom is -0.544 e. The standard InChI is InChI=1S/C33H44O3Si2/c1-31(2,3)37(7,8)35-28-19-15-26(16-20-28)33(24-23-25-13-11-12-14-30(25)34-33)27-17-21-29(22-18-27)36-38(9,10)32(4,5)6/h11-24H,1-10H3. The molecule has 0 saturated heterocycles. The van der Waals surface area contributed by atoms with Crippen LogP contribution < -0.4 is 13.6 Å². The van der Waals surface area contributed by atoms with E-state index in [1.165, 1.54) is 0 Å². The highest BCUT2D eigenvalue weighted by Gasteiger charge is 2.41. The minimum absolute atomic E-state index is 0.139. The Morgan fingerprint density at radius 3 is 1.45 bits per heavy atom. The number of para-hydroxylation sites is 1. The summed E-state index contributed by atoms with van der Waals surface area (Å²) in [6, 6.07) is 25.1. The van der Waals surface area contributed by atoms with E-state index in [4.69, 9.17) is 13.6 Å². The van der Waals surface area contributed by atoms with E-state index >= 15 is 0 Å². The first-order valence-electron chi connectivity index (χ1n) is 13.6. The summed E-state index contributed by atoms with van der Waals surface area (Å²) in [5.74, 6) is 2.70. The number of hydrogen-bond donors (Lipinski definition) is 0. The molecule has 0 fully saturated rings. The molecule has 0 bridgehead atoms. The van der Waals surface area contributed by atoms with E-state index in [1.54, 1.807) is 0 Å². The van der Waals surface area contributed by atoms with E-state index in [-0.39, 0.29) is 10.1 Å². The molecule has 1 heterocycles. The van der Waals surface area contributed by atoms with Gasteiger partial charge in [0.15, 0.2) is 5.60 Å². The quantitative estimate of drug-likeness (QED) is 0.289. The lowest BCUT2D eigenvalue weighted by Crippen LogP contribution is -2.44. The SMILES string of the molecule is CC(C)(C)[Si](C)(C)Oc1ccc(C2(c3ccc(O[Si](C)(C)C(C)(C)C)cc3)C=Cc3ccccc3O2)cc1. The molecular weight excluding hydrogens is 501 g/mol. The molecular formula is C33H44O3Si2. The van der Waals surface area contributed by atoms with E-state index in [1.807, 2.05) is 18.2 Å². The molecule has 0 atom stereocenters. The molecule has 0 spiro atoms. The summed E-state index contributed by atoms with van der Waals surface area (Å²) in [6.45, 7) is 22.7. The molecule has 38 heavy (non-hydrogen) atoms. The van der Waals surface area contributed by atoms with Crippen molar-refractivity contribution >= 4 is 22.7 Å². The number of rotatable bonds is 6. The molecule has 3 nitrogen and oxygen atoms in total. The van der Waals surface area contributed by atoms with Gasteiger partial charge in [-0.1, -0.05) is 90.1 Å². The Morgan fingerprint density at radius 2 is 1.03 bits per heavy atom. The Kier molecular flexibility index (Phi) is 7.26. The van der Waals surface area contributed by atoms with Gasteiger partial charge in [0.2, 0.25) is 16.6 Å². The fourth-order valence-corrected chi connectivity index (χ4v) is 6.10. The third kappa shape index (κ3) is 5.50.